The Labute approximate surface area is 234 Å². The summed E-state index contributed by atoms with van der Waals surface area (Å²) in [5.41, 5.74) is 2.79. The predicted octanol–water partition coefficient (Wildman–Crippen LogP) is 5.02. The Morgan fingerprint density at radius 2 is 1.89 bits per heavy atom. The lowest BCUT2D eigenvalue weighted by Gasteiger charge is -2.30. The van der Waals surface area contributed by atoms with Gasteiger partial charge < -0.3 is 19.7 Å². The van der Waals surface area contributed by atoms with Gasteiger partial charge in [-0.3, -0.25) is 9.69 Å². The van der Waals surface area contributed by atoms with Gasteiger partial charge in [-0.25, -0.2) is 0 Å². The van der Waals surface area contributed by atoms with Crippen molar-refractivity contribution in [2.45, 2.75) is 28.6 Å². The number of benzene rings is 2. The van der Waals surface area contributed by atoms with E-state index in [1.54, 1.807) is 0 Å². The molecule has 1 unspecified atom stereocenters. The highest BCUT2D eigenvalue weighted by molar-refractivity contribution is 6.76. The van der Waals surface area contributed by atoms with E-state index in [4.69, 9.17) is 44.3 Å². The number of rotatable bonds is 10. The lowest BCUT2D eigenvalue weighted by atomic mass is 9.90. The molecule has 200 valence electrons. The molecule has 1 N–H and O–H groups in total. The standard InChI is InChI=1S/C28H34Cl3N3O3/c1-33(24-8-5-9-25(18-24)37-17-14-34-12-15-36-16-13-34)21-23-10-11-27(20-23,32-26(35)28(29,30)31)19-22-6-3-2-4-7-22/h2-9,18,20H,10-17,19,21H2,1H3,(H,32,35). The number of likely N-dealkylation sites (N-methyl/N-ethyl adjacent to an activating group) is 1. The van der Waals surface area contributed by atoms with E-state index in [1.165, 1.54) is 5.57 Å². The summed E-state index contributed by atoms with van der Waals surface area (Å²) in [7, 11) is 2.06. The normalized spacial score (nSPS) is 20.4. The number of nitrogens with zero attached hydrogens (tertiary/aromatic N) is 2. The van der Waals surface area contributed by atoms with Crippen LogP contribution in [-0.4, -0.2) is 73.2 Å². The van der Waals surface area contributed by atoms with Gasteiger partial charge in [0.05, 0.1) is 18.8 Å². The summed E-state index contributed by atoms with van der Waals surface area (Å²) in [5, 5.41) is 3.02. The van der Waals surface area contributed by atoms with Crippen molar-refractivity contribution in [3.63, 3.8) is 0 Å². The highest BCUT2D eigenvalue weighted by atomic mass is 35.6. The Balaban J connectivity index is 1.40. The molecular formula is C28H34Cl3N3O3. The van der Waals surface area contributed by atoms with Crippen molar-refractivity contribution in [1.82, 2.24) is 10.2 Å². The summed E-state index contributed by atoms with van der Waals surface area (Å²) in [4.78, 5) is 17.2. The number of anilines is 1. The van der Waals surface area contributed by atoms with Crippen LogP contribution in [0.2, 0.25) is 0 Å². The fourth-order valence-corrected chi connectivity index (χ4v) is 5.05. The number of morpholine rings is 1. The fraction of sp³-hybridized carbons (Fsp3) is 0.464. The van der Waals surface area contributed by atoms with Crippen molar-refractivity contribution < 1.29 is 14.3 Å². The summed E-state index contributed by atoms with van der Waals surface area (Å²) >= 11 is 17.7. The Kier molecular flexibility index (Phi) is 9.65. The maximum Gasteiger partial charge on any atom is 0.272 e. The fourth-order valence-electron chi connectivity index (χ4n) is 4.91. The Morgan fingerprint density at radius 1 is 1.14 bits per heavy atom. The van der Waals surface area contributed by atoms with Crippen LogP contribution in [0.1, 0.15) is 18.4 Å². The zero-order valence-corrected chi connectivity index (χ0v) is 23.4. The summed E-state index contributed by atoms with van der Waals surface area (Å²) in [6.45, 7) is 5.73. The third kappa shape index (κ3) is 8.26. The van der Waals surface area contributed by atoms with Crippen LogP contribution in [0.25, 0.3) is 0 Å². The van der Waals surface area contributed by atoms with Gasteiger partial charge >= 0.3 is 0 Å². The van der Waals surface area contributed by atoms with Gasteiger partial charge in [-0.1, -0.05) is 82.9 Å². The average Bonchev–Trinajstić information content (AvgIpc) is 3.26. The van der Waals surface area contributed by atoms with E-state index in [-0.39, 0.29) is 0 Å². The maximum atomic E-state index is 12.6. The van der Waals surface area contributed by atoms with Crippen LogP contribution in [0, 0.1) is 0 Å². The second-order valence-electron chi connectivity index (χ2n) is 9.73. The molecular weight excluding hydrogens is 533 g/mol. The maximum absolute atomic E-state index is 12.6. The minimum Gasteiger partial charge on any atom is -0.492 e. The van der Waals surface area contributed by atoms with Crippen LogP contribution in [0.4, 0.5) is 5.69 Å². The summed E-state index contributed by atoms with van der Waals surface area (Å²) in [6, 6.07) is 18.2. The monoisotopic (exact) mass is 565 g/mol. The van der Waals surface area contributed by atoms with Crippen molar-refractivity contribution in [2.75, 3.05) is 57.9 Å². The smallest absolute Gasteiger partial charge is 0.272 e. The van der Waals surface area contributed by atoms with Crippen LogP contribution >= 0.6 is 34.8 Å². The summed E-state index contributed by atoms with van der Waals surface area (Å²) < 4.78 is 9.43. The number of carbonyl (C=O) groups is 1. The van der Waals surface area contributed by atoms with Gasteiger partial charge in [-0.05, 0) is 37.0 Å². The van der Waals surface area contributed by atoms with Crippen LogP contribution in [0.5, 0.6) is 5.75 Å². The van der Waals surface area contributed by atoms with E-state index in [9.17, 15) is 4.79 Å². The second-order valence-corrected chi connectivity index (χ2v) is 12.0. The number of hydrogen-bond donors (Lipinski definition) is 1. The SMILES string of the molecule is CN(CC1=CC(Cc2ccccc2)(NC(=O)C(Cl)(Cl)Cl)CC1)c1cccc(OCCN2CCOCC2)c1. The lowest BCUT2D eigenvalue weighted by Crippen LogP contribution is -2.51. The highest BCUT2D eigenvalue weighted by Gasteiger charge is 2.40. The molecule has 2 aliphatic rings. The van der Waals surface area contributed by atoms with Crippen LogP contribution in [0.3, 0.4) is 0 Å². The second kappa shape index (κ2) is 12.7. The third-order valence-electron chi connectivity index (χ3n) is 6.83. The van der Waals surface area contributed by atoms with E-state index in [1.807, 2.05) is 42.5 Å². The van der Waals surface area contributed by atoms with Gasteiger partial charge in [-0.2, -0.15) is 0 Å². The van der Waals surface area contributed by atoms with Crippen LogP contribution < -0.4 is 15.0 Å². The van der Waals surface area contributed by atoms with E-state index < -0.39 is 15.2 Å². The summed E-state index contributed by atoms with van der Waals surface area (Å²) in [6.07, 6.45) is 4.35. The van der Waals surface area contributed by atoms with Crippen LogP contribution in [-0.2, 0) is 16.0 Å². The first-order valence-corrected chi connectivity index (χ1v) is 13.7. The molecule has 0 aromatic heterocycles. The first-order chi connectivity index (χ1) is 17.7. The van der Waals surface area contributed by atoms with Crippen molar-refractivity contribution in [3.8, 4) is 5.75 Å². The lowest BCUT2D eigenvalue weighted by molar-refractivity contribution is -0.121. The largest absolute Gasteiger partial charge is 0.492 e. The molecule has 1 aliphatic heterocycles. The van der Waals surface area contributed by atoms with Crippen LogP contribution in [0.15, 0.2) is 66.2 Å². The molecule has 37 heavy (non-hydrogen) atoms. The van der Waals surface area contributed by atoms with Crippen molar-refractivity contribution >= 4 is 46.4 Å². The minimum absolute atomic E-state index is 0.608. The van der Waals surface area contributed by atoms with Gasteiger partial charge in [0, 0.05) is 45.0 Å². The Morgan fingerprint density at radius 3 is 2.62 bits per heavy atom. The highest BCUT2D eigenvalue weighted by Crippen LogP contribution is 2.35. The number of amides is 1. The zero-order valence-electron chi connectivity index (χ0n) is 21.1. The van der Waals surface area contributed by atoms with Crippen molar-refractivity contribution in [1.29, 1.82) is 0 Å². The van der Waals surface area contributed by atoms with Gasteiger partial charge in [0.2, 0.25) is 0 Å². The molecule has 1 fully saturated rings. The molecule has 1 atom stereocenters. The predicted molar refractivity (Wildman–Crippen MR) is 151 cm³/mol. The molecule has 1 heterocycles. The summed E-state index contributed by atoms with van der Waals surface area (Å²) in [5.74, 6) is 0.243. The first-order valence-electron chi connectivity index (χ1n) is 12.6. The molecule has 6 nitrogen and oxygen atoms in total. The van der Waals surface area contributed by atoms with Crippen molar-refractivity contribution in [2.24, 2.45) is 0 Å². The quantitative estimate of drug-likeness (QED) is 0.323. The van der Waals surface area contributed by atoms with E-state index in [0.717, 1.165) is 69.2 Å². The Bertz CT molecular complexity index is 1070. The van der Waals surface area contributed by atoms with E-state index in [0.29, 0.717) is 13.0 Å². The molecule has 0 spiro atoms. The topological polar surface area (TPSA) is 54.0 Å². The molecule has 0 bridgehead atoms. The number of carbonyl (C=O) groups excluding carboxylic acids is 1. The van der Waals surface area contributed by atoms with E-state index in [2.05, 4.69) is 40.4 Å². The minimum atomic E-state index is -2.01. The van der Waals surface area contributed by atoms with E-state index >= 15 is 0 Å². The Hall–Kier alpha value is -1.96. The zero-order chi connectivity index (χ0) is 26.3. The molecule has 9 heteroatoms. The van der Waals surface area contributed by atoms with Gasteiger partial charge in [-0.15, -0.1) is 0 Å². The number of nitrogens with one attached hydrogen (secondary N) is 1. The molecule has 0 radical (unpaired) electrons. The average molecular weight is 567 g/mol. The third-order valence-corrected chi connectivity index (χ3v) is 7.35. The molecule has 1 saturated heterocycles. The number of alkyl halides is 3. The molecule has 0 saturated carbocycles. The number of hydrogen-bond acceptors (Lipinski definition) is 5. The number of halogens is 3. The molecule has 2 aromatic rings. The molecule has 2 aromatic carbocycles. The molecule has 1 aliphatic carbocycles. The first kappa shape index (κ1) is 28.1. The van der Waals surface area contributed by atoms with Gasteiger partial charge in [0.15, 0.2) is 0 Å². The molecule has 4 rings (SSSR count). The molecule has 1 amide bonds. The number of ether oxygens (including phenoxy) is 2. The van der Waals surface area contributed by atoms with Gasteiger partial charge in [0.25, 0.3) is 9.70 Å². The van der Waals surface area contributed by atoms with Gasteiger partial charge in [0.1, 0.15) is 12.4 Å². The van der Waals surface area contributed by atoms with Crippen molar-refractivity contribution in [3.05, 3.63) is 71.8 Å².